The Morgan fingerprint density at radius 1 is 0.739 bits per heavy atom. The Morgan fingerprint density at radius 2 is 1.43 bits per heavy atom. The lowest BCUT2D eigenvalue weighted by atomic mass is 10.2. The molecule has 0 aliphatic heterocycles. The summed E-state index contributed by atoms with van der Waals surface area (Å²) in [6.07, 6.45) is 7.88. The Labute approximate surface area is 135 Å². The van der Waals surface area contributed by atoms with Crippen LogP contribution in [0.4, 0.5) is 11.4 Å². The van der Waals surface area contributed by atoms with Gasteiger partial charge in [-0.15, -0.1) is 0 Å². The largest absolute Gasteiger partial charge is 0.261 e. The van der Waals surface area contributed by atoms with E-state index < -0.39 is 0 Å². The average Bonchev–Trinajstić information content (AvgIpc) is 2.63. The zero-order valence-corrected chi connectivity index (χ0v) is 12.6. The molecule has 23 heavy (non-hydrogen) atoms. The molecule has 0 unspecified atom stereocenters. The van der Waals surface area contributed by atoms with E-state index in [0.29, 0.717) is 0 Å². The molecule has 0 amide bonds. The number of benzene rings is 1. The molecule has 2 aromatic heterocycles. The molecule has 2 heterocycles. The second-order valence-corrected chi connectivity index (χ2v) is 4.87. The molecule has 3 aromatic rings. The lowest BCUT2D eigenvalue weighted by Gasteiger charge is -1.97. The van der Waals surface area contributed by atoms with Crippen LogP contribution >= 0.6 is 0 Å². The maximum atomic E-state index is 4.43. The lowest BCUT2D eigenvalue weighted by Crippen LogP contribution is -1.88. The van der Waals surface area contributed by atoms with E-state index >= 15 is 0 Å². The van der Waals surface area contributed by atoms with E-state index in [1.165, 1.54) is 0 Å². The second-order valence-electron chi connectivity index (χ2n) is 4.87. The highest BCUT2D eigenvalue weighted by Gasteiger charge is 1.92. The van der Waals surface area contributed by atoms with Crippen LogP contribution in [-0.4, -0.2) is 22.4 Å². The Balaban J connectivity index is 1.60. The molecule has 0 atom stereocenters. The summed E-state index contributed by atoms with van der Waals surface area (Å²) in [4.78, 5) is 17.3. The van der Waals surface area contributed by atoms with E-state index in [4.69, 9.17) is 0 Å². The van der Waals surface area contributed by atoms with Gasteiger partial charge in [0.2, 0.25) is 0 Å². The molecular weight excluding hydrogens is 284 g/mol. The summed E-state index contributed by atoms with van der Waals surface area (Å²) in [7, 11) is 0. The third-order valence-electron chi connectivity index (χ3n) is 3.15. The Hall–Kier alpha value is -3.14. The lowest BCUT2D eigenvalue weighted by molar-refractivity contribution is 1.15. The predicted octanol–water partition coefficient (Wildman–Crippen LogP) is 4.17. The van der Waals surface area contributed by atoms with Gasteiger partial charge in [0.05, 0.1) is 23.3 Å². The molecule has 0 bridgehead atoms. The van der Waals surface area contributed by atoms with Crippen LogP contribution in [0.25, 0.3) is 0 Å². The van der Waals surface area contributed by atoms with Gasteiger partial charge in [0.25, 0.3) is 0 Å². The number of nitrogens with zero attached hydrogens (tertiary/aromatic N) is 4. The first kappa shape index (κ1) is 14.8. The van der Waals surface area contributed by atoms with Crippen LogP contribution in [-0.2, 0) is 6.42 Å². The van der Waals surface area contributed by atoms with E-state index in [2.05, 4.69) is 20.0 Å². The van der Waals surface area contributed by atoms with Gasteiger partial charge < -0.3 is 0 Å². The molecule has 0 aliphatic rings. The van der Waals surface area contributed by atoms with Crippen LogP contribution in [0.1, 0.15) is 11.4 Å². The van der Waals surface area contributed by atoms with Gasteiger partial charge in [0.15, 0.2) is 0 Å². The van der Waals surface area contributed by atoms with Crippen molar-refractivity contribution in [1.29, 1.82) is 0 Å². The maximum absolute atomic E-state index is 4.43. The molecule has 0 fully saturated rings. The number of hydrogen-bond acceptors (Lipinski definition) is 4. The summed E-state index contributed by atoms with van der Waals surface area (Å²) in [5, 5.41) is 0. The first-order valence-electron chi connectivity index (χ1n) is 7.38. The Bertz CT molecular complexity index is 779. The quantitative estimate of drug-likeness (QED) is 0.664. The summed E-state index contributed by atoms with van der Waals surface area (Å²) in [6, 6.07) is 19.4. The zero-order valence-electron chi connectivity index (χ0n) is 12.6. The topological polar surface area (TPSA) is 50.5 Å². The standard InChI is InChI=1S/C19H16N4/c1-3-12-20-16(5-1)11-14-22-17-7-9-18(10-8-17)23-15-19-6-2-4-13-21-19/h1-10,12-15H,11H2. The molecule has 0 saturated carbocycles. The van der Waals surface area contributed by atoms with E-state index in [0.717, 1.165) is 29.2 Å². The summed E-state index contributed by atoms with van der Waals surface area (Å²) < 4.78 is 0. The molecule has 0 N–H and O–H groups in total. The SMILES string of the molecule is C(Cc1ccccn1)=Nc1ccc(N=Cc2ccccn2)cc1. The van der Waals surface area contributed by atoms with Crippen LogP contribution in [0.2, 0.25) is 0 Å². The third kappa shape index (κ3) is 4.68. The molecule has 4 heteroatoms. The van der Waals surface area contributed by atoms with Crippen molar-refractivity contribution in [2.45, 2.75) is 6.42 Å². The monoisotopic (exact) mass is 300 g/mol. The average molecular weight is 300 g/mol. The first-order chi connectivity index (χ1) is 11.4. The van der Waals surface area contributed by atoms with Gasteiger partial charge in [0, 0.05) is 30.7 Å². The van der Waals surface area contributed by atoms with Gasteiger partial charge >= 0.3 is 0 Å². The summed E-state index contributed by atoms with van der Waals surface area (Å²) in [5.74, 6) is 0. The Kier molecular flexibility index (Phi) is 4.98. The van der Waals surface area contributed by atoms with Crippen molar-refractivity contribution in [1.82, 2.24) is 9.97 Å². The van der Waals surface area contributed by atoms with Crippen LogP contribution in [0.15, 0.2) is 83.0 Å². The third-order valence-corrected chi connectivity index (χ3v) is 3.15. The fraction of sp³-hybridized carbons (Fsp3) is 0.0526. The smallest absolute Gasteiger partial charge is 0.0812 e. The number of pyridine rings is 2. The van der Waals surface area contributed by atoms with Crippen molar-refractivity contribution in [2.24, 2.45) is 9.98 Å². The van der Waals surface area contributed by atoms with E-state index in [-0.39, 0.29) is 0 Å². The molecule has 0 aliphatic carbocycles. The molecule has 0 saturated heterocycles. The fourth-order valence-corrected chi connectivity index (χ4v) is 1.98. The van der Waals surface area contributed by atoms with E-state index in [1.807, 2.05) is 66.9 Å². The van der Waals surface area contributed by atoms with Crippen molar-refractivity contribution in [3.63, 3.8) is 0 Å². The molecule has 3 rings (SSSR count). The highest BCUT2D eigenvalue weighted by Crippen LogP contribution is 2.18. The van der Waals surface area contributed by atoms with Crippen molar-refractivity contribution in [3.8, 4) is 0 Å². The Morgan fingerprint density at radius 3 is 2.09 bits per heavy atom. The van der Waals surface area contributed by atoms with E-state index in [1.54, 1.807) is 18.6 Å². The fourth-order valence-electron chi connectivity index (χ4n) is 1.98. The minimum Gasteiger partial charge on any atom is -0.261 e. The predicted molar refractivity (Wildman–Crippen MR) is 94.0 cm³/mol. The molecule has 0 radical (unpaired) electrons. The highest BCUT2D eigenvalue weighted by atomic mass is 14.8. The van der Waals surface area contributed by atoms with Crippen molar-refractivity contribution >= 4 is 23.8 Å². The minimum atomic E-state index is 0.723. The first-order valence-corrected chi connectivity index (χ1v) is 7.38. The van der Waals surface area contributed by atoms with Gasteiger partial charge in [-0.2, -0.15) is 0 Å². The van der Waals surface area contributed by atoms with Crippen LogP contribution in [0.5, 0.6) is 0 Å². The van der Waals surface area contributed by atoms with E-state index in [9.17, 15) is 0 Å². The van der Waals surface area contributed by atoms with Gasteiger partial charge in [-0.3, -0.25) is 20.0 Å². The molecular formula is C19H16N4. The number of aliphatic imine (C=N–C) groups is 2. The summed E-state index contributed by atoms with van der Waals surface area (Å²) in [5.41, 5.74) is 3.62. The van der Waals surface area contributed by atoms with Gasteiger partial charge in [0.1, 0.15) is 0 Å². The molecule has 0 spiro atoms. The highest BCUT2D eigenvalue weighted by molar-refractivity contribution is 5.79. The van der Waals surface area contributed by atoms with Gasteiger partial charge in [-0.1, -0.05) is 12.1 Å². The summed E-state index contributed by atoms with van der Waals surface area (Å²) in [6.45, 7) is 0. The van der Waals surface area contributed by atoms with Crippen molar-refractivity contribution in [2.75, 3.05) is 0 Å². The number of rotatable bonds is 5. The summed E-state index contributed by atoms with van der Waals surface area (Å²) >= 11 is 0. The number of hydrogen-bond donors (Lipinski definition) is 0. The number of aromatic nitrogens is 2. The van der Waals surface area contributed by atoms with Crippen LogP contribution in [0, 0.1) is 0 Å². The van der Waals surface area contributed by atoms with Crippen LogP contribution in [0.3, 0.4) is 0 Å². The van der Waals surface area contributed by atoms with Crippen LogP contribution < -0.4 is 0 Å². The molecule has 1 aromatic carbocycles. The van der Waals surface area contributed by atoms with Gasteiger partial charge in [-0.05, 0) is 48.5 Å². The van der Waals surface area contributed by atoms with Gasteiger partial charge in [-0.25, -0.2) is 0 Å². The molecule has 4 nitrogen and oxygen atoms in total. The minimum absolute atomic E-state index is 0.723. The second kappa shape index (κ2) is 7.75. The van der Waals surface area contributed by atoms with Crippen molar-refractivity contribution in [3.05, 3.63) is 84.4 Å². The maximum Gasteiger partial charge on any atom is 0.0812 e. The molecule has 112 valence electrons. The zero-order chi connectivity index (χ0) is 15.7. The normalized spacial score (nSPS) is 11.3. The van der Waals surface area contributed by atoms with Crippen molar-refractivity contribution < 1.29 is 0 Å².